The van der Waals surface area contributed by atoms with E-state index in [0.717, 1.165) is 15.7 Å². The molecule has 0 unspecified atom stereocenters. The minimum absolute atomic E-state index is 0.330. The van der Waals surface area contributed by atoms with Crippen LogP contribution in [0.2, 0.25) is 0 Å². The number of hydrogen-bond acceptors (Lipinski definition) is 4. The van der Waals surface area contributed by atoms with E-state index in [1.807, 2.05) is 26.0 Å². The first-order valence-corrected chi connectivity index (χ1v) is 6.62. The maximum atomic E-state index is 12.2. The van der Waals surface area contributed by atoms with Crippen LogP contribution in [0.15, 0.2) is 28.9 Å². The fourth-order valence-electron chi connectivity index (χ4n) is 1.63. The van der Waals surface area contributed by atoms with Crippen molar-refractivity contribution in [3.63, 3.8) is 0 Å². The van der Waals surface area contributed by atoms with Crippen molar-refractivity contribution in [2.24, 2.45) is 0 Å². The summed E-state index contributed by atoms with van der Waals surface area (Å²) < 4.78 is 0.836. The molecule has 2 aromatic heterocycles. The Kier molecular flexibility index (Phi) is 4.11. The number of pyridine rings is 2. The van der Waals surface area contributed by atoms with Crippen LogP contribution in [0.25, 0.3) is 0 Å². The van der Waals surface area contributed by atoms with Gasteiger partial charge in [0.25, 0.3) is 5.91 Å². The third-order valence-corrected chi connectivity index (χ3v) is 3.51. The van der Waals surface area contributed by atoms with Gasteiger partial charge in [-0.3, -0.25) is 4.79 Å². The zero-order valence-corrected chi connectivity index (χ0v) is 12.5. The van der Waals surface area contributed by atoms with Crippen molar-refractivity contribution in [2.45, 2.75) is 13.8 Å². The van der Waals surface area contributed by atoms with E-state index >= 15 is 0 Å². The Hall–Kier alpha value is -2.26. The number of hydrogen-bond donors (Lipinski definition) is 1. The topological polar surface area (TPSA) is 78.7 Å². The van der Waals surface area contributed by atoms with Crippen molar-refractivity contribution < 1.29 is 4.79 Å². The Morgan fingerprint density at radius 3 is 2.75 bits per heavy atom. The number of aromatic nitrogens is 2. The minimum atomic E-state index is -0.330. The molecule has 0 radical (unpaired) electrons. The smallest absolute Gasteiger partial charge is 0.275 e. The molecule has 20 heavy (non-hydrogen) atoms. The number of carbonyl (C=O) groups excluding carboxylic acids is 1. The van der Waals surface area contributed by atoms with Gasteiger partial charge in [-0.05, 0) is 37.6 Å². The van der Waals surface area contributed by atoms with Crippen molar-refractivity contribution in [1.82, 2.24) is 9.97 Å². The molecule has 0 saturated carbocycles. The van der Waals surface area contributed by atoms with Gasteiger partial charge in [-0.2, -0.15) is 5.26 Å². The van der Waals surface area contributed by atoms with Crippen molar-refractivity contribution in [3.8, 4) is 6.07 Å². The van der Waals surface area contributed by atoms with E-state index in [1.54, 1.807) is 12.1 Å². The summed E-state index contributed by atoms with van der Waals surface area (Å²) in [6.45, 7) is 3.64. The predicted octanol–water partition coefficient (Wildman–Crippen LogP) is 2.98. The molecule has 0 bridgehead atoms. The van der Waals surface area contributed by atoms with E-state index in [-0.39, 0.29) is 5.91 Å². The zero-order valence-electron chi connectivity index (χ0n) is 10.9. The van der Waals surface area contributed by atoms with Gasteiger partial charge in [0.1, 0.15) is 17.6 Å². The van der Waals surface area contributed by atoms with Crippen LogP contribution in [-0.4, -0.2) is 15.9 Å². The molecule has 1 N–H and O–H groups in total. The van der Waals surface area contributed by atoms with Gasteiger partial charge in [0.05, 0.1) is 5.56 Å². The Balaban J connectivity index is 2.26. The van der Waals surface area contributed by atoms with Crippen molar-refractivity contribution in [3.05, 3.63) is 51.4 Å². The van der Waals surface area contributed by atoms with Gasteiger partial charge in [0.15, 0.2) is 0 Å². The Bertz CT molecular complexity index is 704. The SMILES string of the molecule is Cc1cc(Br)c(C)c(C(=O)Nc2ccc(C#N)cn2)n1. The summed E-state index contributed by atoms with van der Waals surface area (Å²) in [6.07, 6.45) is 1.40. The Morgan fingerprint density at radius 1 is 1.40 bits per heavy atom. The summed E-state index contributed by atoms with van der Waals surface area (Å²) in [5.41, 5.74) is 2.31. The lowest BCUT2D eigenvalue weighted by Crippen LogP contribution is -2.17. The average Bonchev–Trinajstić information content (AvgIpc) is 2.43. The normalized spacial score (nSPS) is 9.90. The number of carbonyl (C=O) groups is 1. The minimum Gasteiger partial charge on any atom is -0.305 e. The van der Waals surface area contributed by atoms with E-state index in [9.17, 15) is 4.79 Å². The third kappa shape index (κ3) is 3.00. The fraction of sp³-hybridized carbons (Fsp3) is 0.143. The van der Waals surface area contributed by atoms with Crippen LogP contribution < -0.4 is 5.32 Å². The monoisotopic (exact) mass is 330 g/mol. The third-order valence-electron chi connectivity index (χ3n) is 2.69. The Morgan fingerprint density at radius 2 is 2.15 bits per heavy atom. The van der Waals surface area contributed by atoms with E-state index in [0.29, 0.717) is 17.1 Å². The van der Waals surface area contributed by atoms with E-state index in [4.69, 9.17) is 5.26 Å². The highest BCUT2D eigenvalue weighted by atomic mass is 79.9. The Labute approximate surface area is 124 Å². The number of nitrogens with zero attached hydrogens (tertiary/aromatic N) is 3. The molecule has 0 spiro atoms. The summed E-state index contributed by atoms with van der Waals surface area (Å²) in [5, 5.41) is 11.4. The van der Waals surface area contributed by atoms with Crippen LogP contribution in [0.1, 0.15) is 27.3 Å². The molecule has 0 aromatic carbocycles. The summed E-state index contributed by atoms with van der Waals surface area (Å²) in [4.78, 5) is 20.4. The quantitative estimate of drug-likeness (QED) is 0.917. The highest BCUT2D eigenvalue weighted by molar-refractivity contribution is 9.10. The first-order chi connectivity index (χ1) is 9.51. The van der Waals surface area contributed by atoms with Gasteiger partial charge >= 0.3 is 0 Å². The number of nitrogens with one attached hydrogen (secondary N) is 1. The number of nitriles is 1. The van der Waals surface area contributed by atoms with Crippen molar-refractivity contribution in [1.29, 1.82) is 5.26 Å². The van der Waals surface area contributed by atoms with E-state index < -0.39 is 0 Å². The van der Waals surface area contributed by atoms with Gasteiger partial charge in [-0.1, -0.05) is 15.9 Å². The molecule has 2 heterocycles. The maximum Gasteiger partial charge on any atom is 0.275 e. The second kappa shape index (κ2) is 5.80. The molecule has 0 atom stereocenters. The van der Waals surface area contributed by atoms with Crippen LogP contribution >= 0.6 is 15.9 Å². The fourth-order valence-corrected chi connectivity index (χ4v) is 2.15. The van der Waals surface area contributed by atoms with Crippen LogP contribution in [0, 0.1) is 25.2 Å². The lowest BCUT2D eigenvalue weighted by Gasteiger charge is -2.08. The van der Waals surface area contributed by atoms with Crippen LogP contribution in [0.5, 0.6) is 0 Å². The predicted molar refractivity (Wildman–Crippen MR) is 78.3 cm³/mol. The van der Waals surface area contributed by atoms with Crippen molar-refractivity contribution in [2.75, 3.05) is 5.32 Å². The summed E-state index contributed by atoms with van der Waals surface area (Å²) >= 11 is 3.40. The average molecular weight is 331 g/mol. The van der Waals surface area contributed by atoms with Gasteiger partial charge in [-0.25, -0.2) is 9.97 Å². The molecule has 0 aliphatic rings. The lowest BCUT2D eigenvalue weighted by molar-refractivity contribution is 0.102. The van der Waals surface area contributed by atoms with Gasteiger partial charge < -0.3 is 5.32 Å². The van der Waals surface area contributed by atoms with E-state index in [2.05, 4.69) is 31.2 Å². The first kappa shape index (κ1) is 14.2. The number of rotatable bonds is 2. The maximum absolute atomic E-state index is 12.2. The first-order valence-electron chi connectivity index (χ1n) is 5.82. The second-order valence-corrected chi connectivity index (χ2v) is 5.07. The molecule has 0 fully saturated rings. The molecule has 5 nitrogen and oxygen atoms in total. The number of amides is 1. The molecular weight excluding hydrogens is 320 g/mol. The number of halogens is 1. The molecule has 1 amide bonds. The molecule has 2 rings (SSSR count). The highest BCUT2D eigenvalue weighted by Gasteiger charge is 2.14. The summed E-state index contributed by atoms with van der Waals surface area (Å²) in [7, 11) is 0. The van der Waals surface area contributed by atoms with Gasteiger partial charge in [-0.15, -0.1) is 0 Å². The second-order valence-electron chi connectivity index (χ2n) is 4.22. The number of aryl methyl sites for hydroxylation is 1. The lowest BCUT2D eigenvalue weighted by atomic mass is 10.2. The molecule has 0 saturated heterocycles. The summed E-state index contributed by atoms with van der Waals surface area (Å²) in [6, 6.07) is 7.00. The molecule has 2 aromatic rings. The van der Waals surface area contributed by atoms with E-state index in [1.165, 1.54) is 6.20 Å². The van der Waals surface area contributed by atoms with Crippen LogP contribution in [-0.2, 0) is 0 Å². The summed E-state index contributed by atoms with van der Waals surface area (Å²) in [5.74, 6) is 0.0527. The van der Waals surface area contributed by atoms with Crippen molar-refractivity contribution >= 4 is 27.7 Å². The highest BCUT2D eigenvalue weighted by Crippen LogP contribution is 2.20. The van der Waals surface area contributed by atoms with Crippen LogP contribution in [0.4, 0.5) is 5.82 Å². The standard InChI is InChI=1S/C14H11BrN4O/c1-8-5-11(15)9(2)13(18-8)14(20)19-12-4-3-10(6-16)7-17-12/h3-5,7H,1-2H3,(H,17,19,20). The van der Waals surface area contributed by atoms with Gasteiger partial charge in [0.2, 0.25) is 0 Å². The van der Waals surface area contributed by atoms with Crippen LogP contribution in [0.3, 0.4) is 0 Å². The largest absolute Gasteiger partial charge is 0.305 e. The molecule has 6 heteroatoms. The zero-order chi connectivity index (χ0) is 14.7. The molecule has 0 aliphatic carbocycles. The molecular formula is C14H11BrN4O. The van der Waals surface area contributed by atoms with Gasteiger partial charge in [0, 0.05) is 16.4 Å². The molecule has 100 valence electrons. The molecule has 0 aliphatic heterocycles. The number of anilines is 1.